The third-order valence-electron chi connectivity index (χ3n) is 6.74. The molecule has 2 aromatic carbocycles. The summed E-state index contributed by atoms with van der Waals surface area (Å²) in [5.41, 5.74) is 6.32. The first-order chi connectivity index (χ1) is 17.3. The Morgan fingerprint density at radius 3 is 2.58 bits per heavy atom. The number of hydrogen-bond donors (Lipinski definition) is 1. The van der Waals surface area contributed by atoms with Crippen LogP contribution in [0.3, 0.4) is 0 Å². The van der Waals surface area contributed by atoms with Crippen LogP contribution in [0.25, 0.3) is 11.1 Å². The van der Waals surface area contributed by atoms with E-state index in [1.54, 1.807) is 34.9 Å². The van der Waals surface area contributed by atoms with Gasteiger partial charge in [-0.2, -0.15) is 0 Å². The van der Waals surface area contributed by atoms with Gasteiger partial charge in [-0.05, 0) is 71.5 Å². The van der Waals surface area contributed by atoms with E-state index in [0.717, 1.165) is 33.5 Å². The van der Waals surface area contributed by atoms with Crippen molar-refractivity contribution in [3.05, 3.63) is 100 Å². The first-order valence-electron chi connectivity index (χ1n) is 11.8. The van der Waals surface area contributed by atoms with Crippen LogP contribution in [0.1, 0.15) is 32.7 Å². The van der Waals surface area contributed by atoms with Crippen LogP contribution in [0, 0.1) is 18.2 Å². The molecule has 0 saturated carbocycles. The molecule has 36 heavy (non-hydrogen) atoms. The molecule has 1 aliphatic heterocycles. The Balaban J connectivity index is 1.58. The lowest BCUT2D eigenvalue weighted by atomic mass is 9.86. The number of rotatable bonds is 6. The predicted octanol–water partition coefficient (Wildman–Crippen LogP) is 4.07. The van der Waals surface area contributed by atoms with Crippen molar-refractivity contribution >= 4 is 5.91 Å². The van der Waals surface area contributed by atoms with E-state index in [9.17, 15) is 9.18 Å². The molecule has 1 aliphatic rings. The molecule has 0 spiro atoms. The van der Waals surface area contributed by atoms with Crippen LogP contribution in [0.4, 0.5) is 4.39 Å². The van der Waals surface area contributed by atoms with Crippen LogP contribution < -0.4 is 10.4 Å². The van der Waals surface area contributed by atoms with E-state index < -0.39 is 0 Å². The summed E-state index contributed by atoms with van der Waals surface area (Å²) in [7, 11) is 3.43. The van der Waals surface area contributed by atoms with Crippen molar-refractivity contribution in [1.82, 2.24) is 19.0 Å². The van der Waals surface area contributed by atoms with Gasteiger partial charge in [-0.25, -0.2) is 4.39 Å². The summed E-state index contributed by atoms with van der Waals surface area (Å²) in [5.74, 6) is 0.355. The van der Waals surface area contributed by atoms with Gasteiger partial charge >= 0.3 is 0 Å². The molecule has 184 valence electrons. The number of aromatic nitrogens is 3. The summed E-state index contributed by atoms with van der Waals surface area (Å²) >= 11 is 0. The van der Waals surface area contributed by atoms with Crippen LogP contribution in [-0.4, -0.2) is 38.6 Å². The number of benzene rings is 2. The van der Waals surface area contributed by atoms with Gasteiger partial charge in [-0.3, -0.25) is 15.2 Å². The number of amides is 1. The lowest BCUT2D eigenvalue weighted by Crippen LogP contribution is -2.37. The maximum absolute atomic E-state index is 13.9. The van der Waals surface area contributed by atoms with Gasteiger partial charge in [0.2, 0.25) is 5.62 Å². The van der Waals surface area contributed by atoms with Crippen LogP contribution in [0.5, 0.6) is 5.75 Å². The summed E-state index contributed by atoms with van der Waals surface area (Å²) in [6.45, 7) is 3.28. The highest BCUT2D eigenvalue weighted by molar-refractivity contribution is 5.99. The second-order valence-corrected chi connectivity index (χ2v) is 9.15. The van der Waals surface area contributed by atoms with Crippen LogP contribution in [-0.2, 0) is 26.6 Å². The first kappa shape index (κ1) is 23.5. The Bertz CT molecular complexity index is 1520. The molecule has 0 unspecified atom stereocenters. The van der Waals surface area contributed by atoms with Crippen molar-refractivity contribution in [2.75, 3.05) is 13.7 Å². The fourth-order valence-electron chi connectivity index (χ4n) is 4.84. The second kappa shape index (κ2) is 9.45. The fourth-order valence-corrected chi connectivity index (χ4v) is 4.84. The number of methoxy groups -OCH3 is 1. The standard InChI is InChI=1S/C28H28FN5O2/c1-18-12-20(29)4-5-23(18)25-13-19(16-34-11-10-32(2)28(34)30)14-26-24(25)7-9-33(27(26)35)17-21-15-22(36-3)6-8-31-21/h4-6,8,10-15,30H,7,9,16-17H2,1-3H3. The summed E-state index contributed by atoms with van der Waals surface area (Å²) in [5, 5.41) is 8.31. The summed E-state index contributed by atoms with van der Waals surface area (Å²) in [4.78, 5) is 19.9. The van der Waals surface area contributed by atoms with Crippen molar-refractivity contribution in [2.24, 2.45) is 7.05 Å². The van der Waals surface area contributed by atoms with Gasteiger partial charge in [0.1, 0.15) is 11.6 Å². The average molecular weight is 486 g/mol. The van der Waals surface area contributed by atoms with Crippen LogP contribution >= 0.6 is 0 Å². The van der Waals surface area contributed by atoms with Gasteiger partial charge < -0.3 is 18.8 Å². The summed E-state index contributed by atoms with van der Waals surface area (Å²) < 4.78 is 22.8. The number of carbonyl (C=O) groups is 1. The van der Waals surface area contributed by atoms with E-state index in [2.05, 4.69) is 11.1 Å². The quantitative estimate of drug-likeness (QED) is 0.447. The minimum atomic E-state index is -0.284. The van der Waals surface area contributed by atoms with Gasteiger partial charge in [-0.15, -0.1) is 0 Å². The van der Waals surface area contributed by atoms with Crippen molar-refractivity contribution in [3.8, 4) is 16.9 Å². The molecule has 5 rings (SSSR count). The van der Waals surface area contributed by atoms with Gasteiger partial charge in [-0.1, -0.05) is 6.07 Å². The third-order valence-corrected chi connectivity index (χ3v) is 6.74. The van der Waals surface area contributed by atoms with Gasteiger partial charge in [0.25, 0.3) is 5.91 Å². The monoisotopic (exact) mass is 485 g/mol. The highest BCUT2D eigenvalue weighted by atomic mass is 19.1. The summed E-state index contributed by atoms with van der Waals surface area (Å²) in [6, 6.07) is 12.4. The van der Waals surface area contributed by atoms with Crippen molar-refractivity contribution in [2.45, 2.75) is 26.4 Å². The Morgan fingerprint density at radius 2 is 1.86 bits per heavy atom. The number of imidazole rings is 1. The molecule has 7 nitrogen and oxygen atoms in total. The van der Waals surface area contributed by atoms with E-state index in [4.69, 9.17) is 10.1 Å². The SMILES string of the molecule is COc1ccnc(CN2CCc3c(cc(Cn4ccn(C)c4=N)cc3-c3ccc(F)cc3C)C2=O)c1. The fraction of sp³-hybridized carbons (Fsp3) is 0.250. The van der Waals surface area contributed by atoms with Crippen LogP contribution in [0.2, 0.25) is 0 Å². The average Bonchev–Trinajstić information content (AvgIpc) is 3.18. The number of carbonyl (C=O) groups excluding carboxylic acids is 1. The molecule has 0 atom stereocenters. The lowest BCUT2D eigenvalue weighted by molar-refractivity contribution is 0.0725. The third kappa shape index (κ3) is 4.42. The molecule has 1 N–H and O–H groups in total. The van der Waals surface area contributed by atoms with Crippen molar-refractivity contribution in [3.63, 3.8) is 0 Å². The molecule has 8 heteroatoms. The minimum absolute atomic E-state index is 0.0621. The van der Waals surface area contributed by atoms with Gasteiger partial charge in [0.05, 0.1) is 25.9 Å². The Hall–Kier alpha value is -4.20. The van der Waals surface area contributed by atoms with E-state index in [1.807, 2.05) is 43.1 Å². The van der Waals surface area contributed by atoms with Crippen LogP contribution in [0.15, 0.2) is 61.1 Å². The number of hydrogen-bond acceptors (Lipinski definition) is 4. The maximum Gasteiger partial charge on any atom is 0.254 e. The Labute approximate surface area is 208 Å². The lowest BCUT2D eigenvalue weighted by Gasteiger charge is -2.30. The normalized spacial score (nSPS) is 13.1. The molecular formula is C28H28FN5O2. The minimum Gasteiger partial charge on any atom is -0.497 e. The smallest absolute Gasteiger partial charge is 0.254 e. The maximum atomic E-state index is 13.9. The number of halogens is 1. The van der Waals surface area contributed by atoms with E-state index in [-0.39, 0.29) is 11.7 Å². The number of fused-ring (bicyclic) bond motifs is 1. The predicted molar refractivity (Wildman–Crippen MR) is 134 cm³/mol. The zero-order chi connectivity index (χ0) is 25.4. The zero-order valence-corrected chi connectivity index (χ0v) is 20.6. The molecule has 3 heterocycles. The molecule has 1 amide bonds. The second-order valence-electron chi connectivity index (χ2n) is 9.15. The number of nitrogens with zero attached hydrogens (tertiary/aromatic N) is 4. The zero-order valence-electron chi connectivity index (χ0n) is 20.6. The van der Waals surface area contributed by atoms with Crippen molar-refractivity contribution < 1.29 is 13.9 Å². The van der Waals surface area contributed by atoms with E-state index >= 15 is 0 Å². The molecular weight excluding hydrogens is 457 g/mol. The molecule has 4 aromatic rings. The van der Waals surface area contributed by atoms with Crippen molar-refractivity contribution in [1.29, 1.82) is 5.41 Å². The molecule has 0 radical (unpaired) electrons. The number of nitrogens with one attached hydrogen (secondary N) is 1. The van der Waals surface area contributed by atoms with E-state index in [1.165, 1.54) is 12.1 Å². The largest absolute Gasteiger partial charge is 0.497 e. The number of aryl methyl sites for hydroxylation is 2. The molecule has 0 fully saturated rings. The Morgan fingerprint density at radius 1 is 1.06 bits per heavy atom. The Kier molecular flexibility index (Phi) is 6.18. The highest BCUT2D eigenvalue weighted by Crippen LogP contribution is 2.34. The van der Waals surface area contributed by atoms with Gasteiger partial charge in [0.15, 0.2) is 0 Å². The highest BCUT2D eigenvalue weighted by Gasteiger charge is 2.28. The molecule has 0 aliphatic carbocycles. The molecule has 2 aromatic heterocycles. The summed E-state index contributed by atoms with van der Waals surface area (Å²) in [6.07, 6.45) is 6.05. The number of pyridine rings is 1. The first-order valence-corrected chi connectivity index (χ1v) is 11.8. The number of ether oxygens (including phenoxy) is 1. The molecule has 0 bridgehead atoms. The van der Waals surface area contributed by atoms with E-state index in [0.29, 0.717) is 43.0 Å². The molecule has 0 saturated heterocycles. The van der Waals surface area contributed by atoms with Gasteiger partial charge in [0, 0.05) is 43.8 Å². The topological polar surface area (TPSA) is 76.1 Å².